The molecule has 2 heteroatoms. The van der Waals surface area contributed by atoms with E-state index in [2.05, 4.69) is 19.2 Å². The van der Waals surface area contributed by atoms with Gasteiger partial charge in [0.1, 0.15) is 0 Å². The average molecular weight is 267 g/mol. The highest BCUT2D eigenvalue weighted by atomic mass is 16.5. The van der Waals surface area contributed by atoms with Crippen LogP contribution in [0.4, 0.5) is 0 Å². The molecule has 0 spiro atoms. The summed E-state index contributed by atoms with van der Waals surface area (Å²) in [6, 6.07) is 0.727. The minimum absolute atomic E-state index is 0.727. The molecule has 0 aromatic heterocycles. The molecule has 2 aliphatic rings. The Kier molecular flexibility index (Phi) is 6.66. The fraction of sp³-hybridized carbons (Fsp3) is 1.00. The van der Waals surface area contributed by atoms with Crippen LogP contribution in [0, 0.1) is 17.8 Å². The summed E-state index contributed by atoms with van der Waals surface area (Å²) >= 11 is 0. The van der Waals surface area contributed by atoms with Gasteiger partial charge in [0.15, 0.2) is 0 Å². The Morgan fingerprint density at radius 2 is 1.79 bits per heavy atom. The van der Waals surface area contributed by atoms with Gasteiger partial charge in [0.2, 0.25) is 0 Å². The van der Waals surface area contributed by atoms with Crippen molar-refractivity contribution in [3.63, 3.8) is 0 Å². The van der Waals surface area contributed by atoms with Crippen LogP contribution in [0.3, 0.4) is 0 Å². The van der Waals surface area contributed by atoms with Gasteiger partial charge in [-0.05, 0) is 44.1 Å². The van der Waals surface area contributed by atoms with Crippen molar-refractivity contribution >= 4 is 0 Å². The maximum absolute atomic E-state index is 5.63. The summed E-state index contributed by atoms with van der Waals surface area (Å²) in [5, 5.41) is 3.85. The lowest BCUT2D eigenvalue weighted by molar-refractivity contribution is 0.142. The topological polar surface area (TPSA) is 21.3 Å². The van der Waals surface area contributed by atoms with Crippen LogP contribution >= 0.6 is 0 Å². The van der Waals surface area contributed by atoms with Crippen LogP contribution in [-0.2, 0) is 4.74 Å². The number of hydrogen-bond donors (Lipinski definition) is 1. The van der Waals surface area contributed by atoms with Crippen molar-refractivity contribution < 1.29 is 4.74 Å². The highest BCUT2D eigenvalue weighted by Crippen LogP contribution is 2.36. The fourth-order valence-electron chi connectivity index (χ4n) is 4.11. The SMILES string of the molecule is CCCNC(C1CCC(CCC)CC1)C1CCOC1. The molecule has 2 unspecified atom stereocenters. The molecule has 1 aliphatic carbocycles. The molecule has 19 heavy (non-hydrogen) atoms. The van der Waals surface area contributed by atoms with Crippen LogP contribution in [0.25, 0.3) is 0 Å². The van der Waals surface area contributed by atoms with E-state index in [4.69, 9.17) is 4.74 Å². The van der Waals surface area contributed by atoms with Crippen molar-refractivity contribution in [2.75, 3.05) is 19.8 Å². The molecule has 2 fully saturated rings. The van der Waals surface area contributed by atoms with E-state index in [1.807, 2.05) is 0 Å². The van der Waals surface area contributed by atoms with E-state index in [9.17, 15) is 0 Å². The summed E-state index contributed by atoms with van der Waals surface area (Å²) in [6.07, 6.45) is 11.2. The first-order valence-electron chi connectivity index (χ1n) is 8.66. The Bertz CT molecular complexity index is 229. The molecular weight excluding hydrogens is 234 g/mol. The molecule has 0 bridgehead atoms. The first-order valence-corrected chi connectivity index (χ1v) is 8.66. The Labute approximate surface area is 119 Å². The summed E-state index contributed by atoms with van der Waals surface area (Å²) in [6.45, 7) is 7.76. The van der Waals surface area contributed by atoms with Crippen LogP contribution < -0.4 is 5.32 Å². The van der Waals surface area contributed by atoms with Gasteiger partial charge in [0, 0.05) is 18.6 Å². The van der Waals surface area contributed by atoms with E-state index in [0.717, 1.165) is 37.0 Å². The molecule has 0 radical (unpaired) electrons. The number of nitrogens with one attached hydrogen (secondary N) is 1. The minimum atomic E-state index is 0.727. The van der Waals surface area contributed by atoms with Crippen molar-refractivity contribution in [2.45, 2.75) is 71.3 Å². The molecule has 2 atom stereocenters. The van der Waals surface area contributed by atoms with Gasteiger partial charge < -0.3 is 10.1 Å². The summed E-state index contributed by atoms with van der Waals surface area (Å²) in [4.78, 5) is 0. The lowest BCUT2D eigenvalue weighted by Crippen LogP contribution is -2.44. The van der Waals surface area contributed by atoms with Gasteiger partial charge in [0.05, 0.1) is 6.61 Å². The standard InChI is InChI=1S/C17H33NO/c1-3-5-14-6-8-15(9-7-14)17(18-11-4-2)16-10-12-19-13-16/h14-18H,3-13H2,1-2H3. The zero-order valence-electron chi connectivity index (χ0n) is 13.0. The molecule has 2 nitrogen and oxygen atoms in total. The number of ether oxygens (including phenoxy) is 1. The largest absolute Gasteiger partial charge is 0.381 e. The van der Waals surface area contributed by atoms with E-state index in [0.29, 0.717) is 0 Å². The summed E-state index contributed by atoms with van der Waals surface area (Å²) in [5.74, 6) is 2.71. The molecule has 1 saturated carbocycles. The summed E-state index contributed by atoms with van der Waals surface area (Å²) in [5.41, 5.74) is 0. The third kappa shape index (κ3) is 4.46. The first kappa shape index (κ1) is 15.3. The predicted octanol–water partition coefficient (Wildman–Crippen LogP) is 4.00. The zero-order valence-corrected chi connectivity index (χ0v) is 13.0. The van der Waals surface area contributed by atoms with E-state index in [1.54, 1.807) is 0 Å². The van der Waals surface area contributed by atoms with Crippen LogP contribution in [-0.4, -0.2) is 25.8 Å². The molecular formula is C17H33NO. The molecule has 0 amide bonds. The first-order chi connectivity index (χ1) is 9.35. The second-order valence-electron chi connectivity index (χ2n) is 6.67. The van der Waals surface area contributed by atoms with Crippen molar-refractivity contribution in [3.8, 4) is 0 Å². The molecule has 0 aromatic carbocycles. The second-order valence-corrected chi connectivity index (χ2v) is 6.67. The van der Waals surface area contributed by atoms with Gasteiger partial charge in [-0.3, -0.25) is 0 Å². The normalized spacial score (nSPS) is 33.5. The third-order valence-electron chi connectivity index (χ3n) is 5.20. The maximum Gasteiger partial charge on any atom is 0.0510 e. The van der Waals surface area contributed by atoms with Crippen molar-refractivity contribution in [1.82, 2.24) is 5.32 Å². The molecule has 1 aliphatic heterocycles. The third-order valence-corrected chi connectivity index (χ3v) is 5.20. The molecule has 112 valence electrons. The van der Waals surface area contributed by atoms with Crippen molar-refractivity contribution in [1.29, 1.82) is 0 Å². The van der Waals surface area contributed by atoms with Crippen molar-refractivity contribution in [2.24, 2.45) is 17.8 Å². The Morgan fingerprint density at radius 3 is 2.37 bits per heavy atom. The molecule has 1 heterocycles. The monoisotopic (exact) mass is 267 g/mol. The van der Waals surface area contributed by atoms with Gasteiger partial charge in [-0.25, -0.2) is 0 Å². The van der Waals surface area contributed by atoms with Gasteiger partial charge in [-0.1, -0.05) is 39.5 Å². The maximum atomic E-state index is 5.63. The van der Waals surface area contributed by atoms with Gasteiger partial charge >= 0.3 is 0 Å². The van der Waals surface area contributed by atoms with E-state index < -0.39 is 0 Å². The predicted molar refractivity (Wildman–Crippen MR) is 81.4 cm³/mol. The fourth-order valence-corrected chi connectivity index (χ4v) is 4.11. The van der Waals surface area contributed by atoms with Gasteiger partial charge in [0.25, 0.3) is 0 Å². The smallest absolute Gasteiger partial charge is 0.0510 e. The van der Waals surface area contributed by atoms with Crippen LogP contribution in [0.1, 0.15) is 65.2 Å². The zero-order chi connectivity index (χ0) is 13.5. The minimum Gasteiger partial charge on any atom is -0.381 e. The van der Waals surface area contributed by atoms with Gasteiger partial charge in [-0.2, -0.15) is 0 Å². The molecule has 0 aromatic rings. The lowest BCUT2D eigenvalue weighted by atomic mass is 9.74. The average Bonchev–Trinajstić information content (AvgIpc) is 2.95. The Balaban J connectivity index is 1.84. The highest BCUT2D eigenvalue weighted by Gasteiger charge is 2.33. The summed E-state index contributed by atoms with van der Waals surface area (Å²) in [7, 11) is 0. The van der Waals surface area contributed by atoms with E-state index in [1.165, 1.54) is 57.9 Å². The van der Waals surface area contributed by atoms with Crippen LogP contribution in [0.15, 0.2) is 0 Å². The molecule has 1 N–H and O–H groups in total. The van der Waals surface area contributed by atoms with Crippen LogP contribution in [0.2, 0.25) is 0 Å². The quantitative estimate of drug-likeness (QED) is 0.753. The Hall–Kier alpha value is -0.0800. The number of hydrogen-bond acceptors (Lipinski definition) is 2. The highest BCUT2D eigenvalue weighted by molar-refractivity contribution is 4.88. The second kappa shape index (κ2) is 8.26. The molecule has 1 saturated heterocycles. The van der Waals surface area contributed by atoms with Crippen LogP contribution in [0.5, 0.6) is 0 Å². The Morgan fingerprint density at radius 1 is 1.00 bits per heavy atom. The number of rotatable bonds is 7. The lowest BCUT2D eigenvalue weighted by Gasteiger charge is -2.37. The van der Waals surface area contributed by atoms with Gasteiger partial charge in [-0.15, -0.1) is 0 Å². The van der Waals surface area contributed by atoms with E-state index >= 15 is 0 Å². The molecule has 2 rings (SSSR count). The van der Waals surface area contributed by atoms with E-state index in [-0.39, 0.29) is 0 Å². The van der Waals surface area contributed by atoms with Crippen molar-refractivity contribution in [3.05, 3.63) is 0 Å². The summed E-state index contributed by atoms with van der Waals surface area (Å²) < 4.78 is 5.63.